The molecule has 2 N–H and O–H groups in total. The van der Waals surface area contributed by atoms with Crippen LogP contribution in [-0.4, -0.2) is 61.1 Å². The van der Waals surface area contributed by atoms with E-state index in [1.165, 1.54) is 45.2 Å². The molecule has 2 aliphatic rings. The molecule has 1 saturated heterocycles. The number of carbonyl (C=O) groups is 1. The van der Waals surface area contributed by atoms with Crippen molar-refractivity contribution in [3.05, 3.63) is 28.8 Å². The molecule has 1 saturated carbocycles. The molecule has 1 heterocycles. The van der Waals surface area contributed by atoms with Crippen LogP contribution in [-0.2, 0) is 0 Å². The molecule has 0 unspecified atom stereocenters. The Morgan fingerprint density at radius 3 is 2.59 bits per heavy atom. The molecule has 2 fully saturated rings. The standard InChI is InChI=1S/C21H33ClN4O/c1-17-8-9-20(19(22)16-17)24-21(27)23-10-5-11-25-12-14-26(15-13-25)18-6-3-2-4-7-18/h8-9,16,18H,2-7,10-15H2,1H3,(H2,23,24,27). The Morgan fingerprint density at radius 2 is 1.89 bits per heavy atom. The van der Waals surface area contributed by atoms with E-state index in [2.05, 4.69) is 20.4 Å². The Morgan fingerprint density at radius 1 is 1.15 bits per heavy atom. The molecule has 1 aliphatic carbocycles. The number of amides is 2. The van der Waals surface area contributed by atoms with Gasteiger partial charge in [0.2, 0.25) is 0 Å². The van der Waals surface area contributed by atoms with Gasteiger partial charge in [0.05, 0.1) is 10.7 Å². The zero-order chi connectivity index (χ0) is 19.1. The highest BCUT2D eigenvalue weighted by Gasteiger charge is 2.24. The average Bonchev–Trinajstić information content (AvgIpc) is 2.69. The lowest BCUT2D eigenvalue weighted by molar-refractivity contribution is 0.0786. The summed E-state index contributed by atoms with van der Waals surface area (Å²) >= 11 is 6.15. The van der Waals surface area contributed by atoms with Crippen molar-refractivity contribution in [3.8, 4) is 0 Å². The lowest BCUT2D eigenvalue weighted by Gasteiger charge is -2.40. The molecule has 6 heteroatoms. The molecule has 0 atom stereocenters. The van der Waals surface area contributed by atoms with Gasteiger partial charge in [-0.2, -0.15) is 0 Å². The van der Waals surface area contributed by atoms with E-state index in [1.807, 2.05) is 25.1 Å². The first-order valence-electron chi connectivity index (χ1n) is 10.4. The number of urea groups is 1. The smallest absolute Gasteiger partial charge is 0.319 e. The van der Waals surface area contributed by atoms with Crippen molar-refractivity contribution in [1.82, 2.24) is 15.1 Å². The SMILES string of the molecule is Cc1ccc(NC(=O)NCCCN2CCN(C3CCCCC3)CC2)c(Cl)c1. The number of anilines is 1. The lowest BCUT2D eigenvalue weighted by atomic mass is 9.94. The maximum atomic E-state index is 12.0. The number of rotatable bonds is 6. The van der Waals surface area contributed by atoms with Crippen LogP contribution in [0.2, 0.25) is 5.02 Å². The predicted molar refractivity (Wildman–Crippen MR) is 113 cm³/mol. The van der Waals surface area contributed by atoms with Crippen molar-refractivity contribution in [2.75, 3.05) is 44.6 Å². The van der Waals surface area contributed by atoms with Gasteiger partial charge in [0.1, 0.15) is 0 Å². The van der Waals surface area contributed by atoms with E-state index in [-0.39, 0.29) is 6.03 Å². The molecular formula is C21H33ClN4O. The van der Waals surface area contributed by atoms with Crippen LogP contribution in [0, 0.1) is 6.92 Å². The van der Waals surface area contributed by atoms with Crippen LogP contribution >= 0.6 is 11.6 Å². The zero-order valence-corrected chi connectivity index (χ0v) is 17.2. The second-order valence-electron chi connectivity index (χ2n) is 7.89. The largest absolute Gasteiger partial charge is 0.338 e. The first-order chi connectivity index (χ1) is 13.1. The third kappa shape index (κ3) is 6.37. The topological polar surface area (TPSA) is 47.6 Å². The molecule has 0 spiro atoms. The Kier molecular flexibility index (Phi) is 7.80. The molecule has 0 radical (unpaired) electrons. The van der Waals surface area contributed by atoms with E-state index in [4.69, 9.17) is 11.6 Å². The molecule has 0 aromatic heterocycles. The molecule has 1 aromatic rings. The van der Waals surface area contributed by atoms with Crippen LogP contribution in [0.1, 0.15) is 44.1 Å². The molecule has 27 heavy (non-hydrogen) atoms. The van der Waals surface area contributed by atoms with Gasteiger partial charge in [-0.3, -0.25) is 4.90 Å². The summed E-state index contributed by atoms with van der Waals surface area (Å²) in [6.45, 7) is 8.41. The van der Waals surface area contributed by atoms with E-state index in [1.54, 1.807) is 0 Å². The monoisotopic (exact) mass is 392 g/mol. The van der Waals surface area contributed by atoms with Gasteiger partial charge in [0.25, 0.3) is 0 Å². The second kappa shape index (κ2) is 10.3. The summed E-state index contributed by atoms with van der Waals surface area (Å²) in [7, 11) is 0. The van der Waals surface area contributed by atoms with Gasteiger partial charge in [-0.05, 0) is 50.4 Å². The van der Waals surface area contributed by atoms with Crippen LogP contribution < -0.4 is 10.6 Å². The third-order valence-electron chi connectivity index (χ3n) is 5.81. The number of nitrogens with one attached hydrogen (secondary N) is 2. The molecule has 3 rings (SSSR count). The number of nitrogens with zero attached hydrogens (tertiary/aromatic N) is 2. The Hall–Kier alpha value is -1.30. The van der Waals surface area contributed by atoms with Gasteiger partial charge in [-0.25, -0.2) is 4.79 Å². The Bertz CT molecular complexity index is 610. The van der Waals surface area contributed by atoms with Crippen LogP contribution in [0.3, 0.4) is 0 Å². The molecule has 150 valence electrons. The Balaban J connectivity index is 1.28. The van der Waals surface area contributed by atoms with Crippen molar-refractivity contribution >= 4 is 23.3 Å². The van der Waals surface area contributed by atoms with Gasteiger partial charge < -0.3 is 15.5 Å². The fourth-order valence-electron chi connectivity index (χ4n) is 4.19. The predicted octanol–water partition coefficient (Wildman–Crippen LogP) is 4.11. The van der Waals surface area contributed by atoms with Crippen LogP contribution in [0.15, 0.2) is 18.2 Å². The minimum Gasteiger partial charge on any atom is -0.338 e. The third-order valence-corrected chi connectivity index (χ3v) is 6.12. The van der Waals surface area contributed by atoms with E-state index >= 15 is 0 Å². The number of piperazine rings is 1. The minimum atomic E-state index is -0.192. The van der Waals surface area contributed by atoms with Gasteiger partial charge >= 0.3 is 6.03 Å². The zero-order valence-electron chi connectivity index (χ0n) is 16.5. The quantitative estimate of drug-likeness (QED) is 0.716. The summed E-state index contributed by atoms with van der Waals surface area (Å²) in [5, 5.41) is 6.31. The van der Waals surface area contributed by atoms with Crippen LogP contribution in [0.5, 0.6) is 0 Å². The van der Waals surface area contributed by atoms with Gasteiger partial charge in [-0.1, -0.05) is 36.9 Å². The van der Waals surface area contributed by atoms with Crippen LogP contribution in [0.4, 0.5) is 10.5 Å². The lowest BCUT2D eigenvalue weighted by Crippen LogP contribution is -2.51. The maximum absolute atomic E-state index is 12.0. The van der Waals surface area contributed by atoms with E-state index in [0.717, 1.165) is 37.7 Å². The summed E-state index contributed by atoms with van der Waals surface area (Å²) in [4.78, 5) is 17.2. The number of hydrogen-bond donors (Lipinski definition) is 2. The summed E-state index contributed by atoms with van der Waals surface area (Å²) in [5.74, 6) is 0. The van der Waals surface area contributed by atoms with Crippen molar-refractivity contribution < 1.29 is 4.79 Å². The van der Waals surface area contributed by atoms with Crippen LogP contribution in [0.25, 0.3) is 0 Å². The minimum absolute atomic E-state index is 0.192. The maximum Gasteiger partial charge on any atom is 0.319 e. The summed E-state index contributed by atoms with van der Waals surface area (Å²) < 4.78 is 0. The number of aryl methyl sites for hydroxylation is 1. The van der Waals surface area contributed by atoms with Crippen molar-refractivity contribution in [2.45, 2.75) is 51.5 Å². The fraction of sp³-hybridized carbons (Fsp3) is 0.667. The van der Waals surface area contributed by atoms with Crippen molar-refractivity contribution in [3.63, 3.8) is 0 Å². The highest BCUT2D eigenvalue weighted by molar-refractivity contribution is 6.33. The van der Waals surface area contributed by atoms with E-state index in [9.17, 15) is 4.79 Å². The second-order valence-corrected chi connectivity index (χ2v) is 8.29. The van der Waals surface area contributed by atoms with Gasteiger partial charge in [0.15, 0.2) is 0 Å². The summed E-state index contributed by atoms with van der Waals surface area (Å²) in [6.07, 6.45) is 8.00. The molecule has 2 amide bonds. The highest BCUT2D eigenvalue weighted by Crippen LogP contribution is 2.24. The van der Waals surface area contributed by atoms with Gasteiger partial charge in [-0.15, -0.1) is 0 Å². The fourth-order valence-corrected chi connectivity index (χ4v) is 4.47. The number of hydrogen-bond acceptors (Lipinski definition) is 3. The summed E-state index contributed by atoms with van der Waals surface area (Å²) in [5.41, 5.74) is 1.73. The Labute approximate surface area is 168 Å². The van der Waals surface area contributed by atoms with Crippen molar-refractivity contribution in [2.24, 2.45) is 0 Å². The first kappa shape index (κ1) is 20.4. The first-order valence-corrected chi connectivity index (χ1v) is 10.8. The number of carbonyl (C=O) groups excluding carboxylic acids is 1. The van der Waals surface area contributed by atoms with E-state index in [0.29, 0.717) is 17.3 Å². The number of halogens is 1. The molecular weight excluding hydrogens is 360 g/mol. The summed E-state index contributed by atoms with van der Waals surface area (Å²) in [6, 6.07) is 6.27. The molecule has 1 aliphatic heterocycles. The highest BCUT2D eigenvalue weighted by atomic mass is 35.5. The van der Waals surface area contributed by atoms with Gasteiger partial charge in [0, 0.05) is 38.8 Å². The van der Waals surface area contributed by atoms with Crippen molar-refractivity contribution in [1.29, 1.82) is 0 Å². The number of benzene rings is 1. The molecule has 1 aromatic carbocycles. The average molecular weight is 393 g/mol. The normalized spacial score (nSPS) is 19.8. The molecule has 5 nitrogen and oxygen atoms in total. The van der Waals surface area contributed by atoms with E-state index < -0.39 is 0 Å². The molecule has 0 bridgehead atoms.